The van der Waals surface area contributed by atoms with Gasteiger partial charge in [0.2, 0.25) is 5.76 Å². The fraction of sp³-hybridized carbons (Fsp3) is 0.0769. The zero-order chi connectivity index (χ0) is 15.9. The van der Waals surface area contributed by atoms with Crippen LogP contribution in [0.25, 0.3) is 0 Å². The van der Waals surface area contributed by atoms with E-state index in [0.29, 0.717) is 6.07 Å². The van der Waals surface area contributed by atoms with Crippen LogP contribution in [0.2, 0.25) is 0 Å². The van der Waals surface area contributed by atoms with Gasteiger partial charge < -0.3 is 9.36 Å². The molecule has 0 N–H and O–H groups in total. The molecule has 1 aliphatic rings. The summed E-state index contributed by atoms with van der Waals surface area (Å²) in [6.45, 7) is 0. The van der Waals surface area contributed by atoms with E-state index in [1.165, 1.54) is 12.1 Å². The van der Waals surface area contributed by atoms with Crippen molar-refractivity contribution < 1.29 is 32.5 Å². The Labute approximate surface area is 121 Å². The van der Waals surface area contributed by atoms with Gasteiger partial charge in [-0.1, -0.05) is 22.4 Å². The van der Waals surface area contributed by atoms with Crippen LogP contribution >= 0.6 is 0 Å². The second kappa shape index (κ2) is 5.02. The summed E-state index contributed by atoms with van der Waals surface area (Å²) in [5.74, 6) is -3.74. The van der Waals surface area contributed by atoms with Gasteiger partial charge in [-0.3, -0.25) is 9.59 Å². The largest absolute Gasteiger partial charge is 0.385 e. The summed E-state index contributed by atoms with van der Waals surface area (Å²) in [6.07, 6.45) is -2.95. The first-order chi connectivity index (χ1) is 10.5. The molecule has 9 heteroatoms. The number of carbonyl (C=O) groups is 3. The van der Waals surface area contributed by atoms with Crippen LogP contribution in [-0.2, 0) is 4.84 Å². The van der Waals surface area contributed by atoms with Gasteiger partial charge in [0.1, 0.15) is 0 Å². The molecule has 3 rings (SSSR count). The highest BCUT2D eigenvalue weighted by atomic mass is 19.3. The standard InChI is InChI=1S/C13H6F2N2O5/c14-10(15)9-5-8(16-21-9)13(20)22-17-11(18)6-3-1-2-4-7(6)12(17)19/h1-5,10H. The SMILES string of the molecule is O=C(ON1C(=O)c2ccccc2C1=O)c1cc(C(F)F)on1. The Balaban J connectivity index is 1.80. The molecule has 0 spiro atoms. The van der Waals surface area contributed by atoms with Gasteiger partial charge in [0.05, 0.1) is 11.1 Å². The number of aromatic nitrogens is 1. The highest BCUT2D eigenvalue weighted by Crippen LogP contribution is 2.24. The van der Waals surface area contributed by atoms with E-state index in [4.69, 9.17) is 0 Å². The normalized spacial score (nSPS) is 13.7. The first kappa shape index (κ1) is 13.9. The third kappa shape index (κ3) is 2.12. The van der Waals surface area contributed by atoms with Crippen molar-refractivity contribution >= 4 is 17.8 Å². The van der Waals surface area contributed by atoms with E-state index in [1.54, 1.807) is 12.1 Å². The van der Waals surface area contributed by atoms with Crippen LogP contribution < -0.4 is 0 Å². The summed E-state index contributed by atoms with van der Waals surface area (Å²) in [6, 6.07) is 6.55. The number of hydroxylamine groups is 2. The maximum atomic E-state index is 12.3. The Morgan fingerprint density at radius 2 is 1.77 bits per heavy atom. The fourth-order valence-corrected chi connectivity index (χ4v) is 1.87. The smallest absolute Gasteiger partial charge is 0.354 e. The molecule has 0 aliphatic carbocycles. The van der Waals surface area contributed by atoms with E-state index in [2.05, 4.69) is 14.5 Å². The quantitative estimate of drug-likeness (QED) is 0.805. The molecule has 0 saturated carbocycles. The van der Waals surface area contributed by atoms with Crippen LogP contribution in [-0.4, -0.2) is 28.0 Å². The van der Waals surface area contributed by atoms with Gasteiger partial charge >= 0.3 is 5.97 Å². The third-order valence-corrected chi connectivity index (χ3v) is 2.88. The number of carbonyl (C=O) groups excluding carboxylic acids is 3. The molecule has 0 fully saturated rings. The van der Waals surface area contributed by atoms with Crippen LogP contribution in [0.1, 0.15) is 43.4 Å². The number of alkyl halides is 2. The molecule has 0 radical (unpaired) electrons. The highest BCUT2D eigenvalue weighted by molar-refractivity contribution is 6.21. The number of amides is 2. The fourth-order valence-electron chi connectivity index (χ4n) is 1.87. The maximum absolute atomic E-state index is 12.3. The Morgan fingerprint density at radius 3 is 2.27 bits per heavy atom. The average Bonchev–Trinajstić information content (AvgIpc) is 3.08. The lowest BCUT2D eigenvalue weighted by atomic mass is 10.1. The van der Waals surface area contributed by atoms with Gasteiger partial charge in [-0.15, -0.1) is 0 Å². The topological polar surface area (TPSA) is 89.7 Å². The van der Waals surface area contributed by atoms with E-state index >= 15 is 0 Å². The number of halogens is 2. The number of fused-ring (bicyclic) bond motifs is 1. The van der Waals surface area contributed by atoms with Crippen molar-refractivity contribution in [2.45, 2.75) is 6.43 Å². The van der Waals surface area contributed by atoms with Crippen molar-refractivity contribution in [2.24, 2.45) is 0 Å². The van der Waals surface area contributed by atoms with Gasteiger partial charge in [0.15, 0.2) is 5.69 Å². The molecule has 0 saturated heterocycles. The zero-order valence-corrected chi connectivity index (χ0v) is 10.7. The minimum absolute atomic E-state index is 0.0775. The molecule has 0 atom stereocenters. The highest BCUT2D eigenvalue weighted by Gasteiger charge is 2.39. The zero-order valence-electron chi connectivity index (χ0n) is 10.7. The lowest BCUT2D eigenvalue weighted by Gasteiger charge is -2.10. The van der Waals surface area contributed by atoms with E-state index in [0.717, 1.165) is 0 Å². The van der Waals surface area contributed by atoms with Crippen molar-refractivity contribution in [3.63, 3.8) is 0 Å². The third-order valence-electron chi connectivity index (χ3n) is 2.88. The molecule has 2 amide bonds. The second-order valence-corrected chi connectivity index (χ2v) is 4.24. The Morgan fingerprint density at radius 1 is 1.18 bits per heavy atom. The van der Waals surface area contributed by atoms with E-state index in [-0.39, 0.29) is 16.2 Å². The molecule has 1 aliphatic heterocycles. The molecule has 1 aromatic carbocycles. The predicted molar refractivity (Wildman–Crippen MR) is 63.8 cm³/mol. The lowest BCUT2D eigenvalue weighted by Crippen LogP contribution is -2.32. The molecule has 7 nitrogen and oxygen atoms in total. The van der Waals surface area contributed by atoms with Crippen LogP contribution in [0.4, 0.5) is 8.78 Å². The molecule has 0 bridgehead atoms. The van der Waals surface area contributed by atoms with E-state index in [1.807, 2.05) is 0 Å². The number of hydrogen-bond acceptors (Lipinski definition) is 6. The number of benzene rings is 1. The second-order valence-electron chi connectivity index (χ2n) is 4.24. The monoisotopic (exact) mass is 308 g/mol. The first-order valence-corrected chi connectivity index (χ1v) is 5.94. The van der Waals surface area contributed by atoms with Crippen molar-refractivity contribution in [3.8, 4) is 0 Å². The molecule has 112 valence electrons. The minimum Gasteiger partial charge on any atom is -0.354 e. The van der Waals surface area contributed by atoms with Crippen LogP contribution in [0.5, 0.6) is 0 Å². The average molecular weight is 308 g/mol. The van der Waals surface area contributed by atoms with Gasteiger partial charge in [-0.2, -0.15) is 0 Å². The molecule has 1 aromatic heterocycles. The summed E-state index contributed by atoms with van der Waals surface area (Å²) in [5, 5.41) is 3.35. The van der Waals surface area contributed by atoms with E-state index in [9.17, 15) is 23.2 Å². The summed E-state index contributed by atoms with van der Waals surface area (Å²) < 4.78 is 28.9. The van der Waals surface area contributed by atoms with Crippen molar-refractivity contribution in [1.29, 1.82) is 0 Å². The van der Waals surface area contributed by atoms with E-state index < -0.39 is 35.7 Å². The Hall–Kier alpha value is -3.10. The molecular weight excluding hydrogens is 302 g/mol. The van der Waals surface area contributed by atoms with Crippen molar-refractivity contribution in [2.75, 3.05) is 0 Å². The number of imide groups is 1. The van der Waals surface area contributed by atoms with Gasteiger partial charge in [-0.05, 0) is 12.1 Å². The molecule has 0 unspecified atom stereocenters. The lowest BCUT2D eigenvalue weighted by molar-refractivity contribution is -0.0590. The maximum Gasteiger partial charge on any atom is 0.385 e. The summed E-state index contributed by atoms with van der Waals surface area (Å²) in [7, 11) is 0. The summed E-state index contributed by atoms with van der Waals surface area (Å²) in [5.41, 5.74) is -0.422. The number of nitrogens with zero attached hydrogens (tertiary/aromatic N) is 2. The van der Waals surface area contributed by atoms with Gasteiger partial charge in [-0.25, -0.2) is 13.6 Å². The van der Waals surface area contributed by atoms with Crippen LogP contribution in [0.15, 0.2) is 34.9 Å². The molecule has 2 aromatic rings. The minimum atomic E-state index is -2.95. The summed E-state index contributed by atoms with van der Waals surface area (Å²) in [4.78, 5) is 40.3. The van der Waals surface area contributed by atoms with Crippen LogP contribution in [0, 0.1) is 0 Å². The summed E-state index contributed by atoms with van der Waals surface area (Å²) >= 11 is 0. The number of hydrogen-bond donors (Lipinski definition) is 0. The van der Waals surface area contributed by atoms with Crippen molar-refractivity contribution in [1.82, 2.24) is 10.2 Å². The Kier molecular flexibility index (Phi) is 3.17. The predicted octanol–water partition coefficient (Wildman–Crippen LogP) is 1.98. The first-order valence-electron chi connectivity index (χ1n) is 5.94. The van der Waals surface area contributed by atoms with Crippen molar-refractivity contribution in [3.05, 3.63) is 52.9 Å². The van der Waals surface area contributed by atoms with Crippen LogP contribution in [0.3, 0.4) is 0 Å². The van der Waals surface area contributed by atoms with Gasteiger partial charge in [0, 0.05) is 6.07 Å². The molecule has 22 heavy (non-hydrogen) atoms. The Bertz CT molecular complexity index is 751. The molecule has 2 heterocycles. The molecular formula is C13H6F2N2O5. The van der Waals surface area contributed by atoms with Gasteiger partial charge in [0.25, 0.3) is 18.2 Å². The number of rotatable bonds is 3.